The molecule has 3 aromatic rings. The smallest absolute Gasteiger partial charge is 0.298 e. The summed E-state index contributed by atoms with van der Waals surface area (Å²) in [6, 6.07) is 6.97. The van der Waals surface area contributed by atoms with Gasteiger partial charge in [-0.05, 0) is 67.8 Å². The molecule has 0 saturated carbocycles. The maximum atomic E-state index is 15.1. The van der Waals surface area contributed by atoms with Gasteiger partial charge in [0.1, 0.15) is 11.7 Å². The van der Waals surface area contributed by atoms with Gasteiger partial charge in [-0.2, -0.15) is 26.3 Å². The first kappa shape index (κ1) is 31.6. The number of rotatable bonds is 6. The third-order valence-electron chi connectivity index (χ3n) is 5.85. The van der Waals surface area contributed by atoms with Gasteiger partial charge in [0.25, 0.3) is 5.91 Å². The van der Waals surface area contributed by atoms with E-state index in [4.69, 9.17) is 34.8 Å². The Kier molecular flexibility index (Phi) is 9.38. The van der Waals surface area contributed by atoms with Gasteiger partial charge in [-0.15, -0.1) is 0 Å². The number of benzene rings is 3. The van der Waals surface area contributed by atoms with Crippen LogP contribution in [0.4, 0.5) is 36.4 Å². The number of hydrogen-bond donors (Lipinski definition) is 2. The molecule has 3 nitrogen and oxygen atoms in total. The fraction of sp³-hybridized carbons (Fsp3) is 0.222. The number of hydrogen-bond acceptors (Lipinski definition) is 2. The average Bonchev–Trinajstić information content (AvgIpc) is 2.83. The SMILES string of the molecule is Cc1cc(C)c(NNC(=O)c2ccc(/C(F)=C/C(c3cc(Cl)c(Cl)c(Cl)c3)C(F)(F)F)cc2C(F)(F)F)c(C)c1. The molecule has 1 amide bonds. The first-order valence-corrected chi connectivity index (χ1v) is 12.5. The third kappa shape index (κ3) is 7.21. The van der Waals surface area contributed by atoms with Crippen molar-refractivity contribution in [3.63, 3.8) is 0 Å². The maximum Gasteiger partial charge on any atom is 0.417 e. The van der Waals surface area contributed by atoms with E-state index in [1.807, 2.05) is 6.92 Å². The van der Waals surface area contributed by atoms with E-state index < -0.39 is 52.3 Å². The summed E-state index contributed by atoms with van der Waals surface area (Å²) in [5.74, 6) is -5.44. The average molecular weight is 628 g/mol. The summed E-state index contributed by atoms with van der Waals surface area (Å²) >= 11 is 17.4. The van der Waals surface area contributed by atoms with Crippen molar-refractivity contribution in [1.82, 2.24) is 5.43 Å². The van der Waals surface area contributed by atoms with Gasteiger partial charge in [-0.3, -0.25) is 15.6 Å². The van der Waals surface area contributed by atoms with Gasteiger partial charge in [0.2, 0.25) is 0 Å². The Labute approximate surface area is 239 Å². The topological polar surface area (TPSA) is 41.1 Å². The van der Waals surface area contributed by atoms with E-state index in [1.54, 1.807) is 26.0 Å². The number of aryl methyl sites for hydroxylation is 3. The fourth-order valence-electron chi connectivity index (χ4n) is 4.07. The minimum Gasteiger partial charge on any atom is -0.298 e. The molecule has 2 N–H and O–H groups in total. The molecule has 0 aliphatic carbocycles. The van der Waals surface area contributed by atoms with Crippen molar-refractivity contribution in [2.24, 2.45) is 0 Å². The molecule has 0 fully saturated rings. The molecular formula is C27H20Cl3F7N2O. The predicted molar refractivity (Wildman–Crippen MR) is 143 cm³/mol. The Balaban J connectivity index is 1.99. The van der Waals surface area contributed by atoms with Crippen LogP contribution in [0.25, 0.3) is 5.83 Å². The van der Waals surface area contributed by atoms with Crippen molar-refractivity contribution >= 4 is 52.2 Å². The minimum absolute atomic E-state index is 0.0929. The van der Waals surface area contributed by atoms with Gasteiger partial charge >= 0.3 is 12.4 Å². The number of carbonyl (C=O) groups excluding carboxylic acids is 1. The maximum absolute atomic E-state index is 15.1. The molecule has 0 aliphatic heterocycles. The molecule has 3 aromatic carbocycles. The van der Waals surface area contributed by atoms with Gasteiger partial charge < -0.3 is 0 Å². The number of allylic oxidation sites excluding steroid dienone is 1. The molecule has 0 spiro atoms. The number of anilines is 1. The molecule has 0 saturated heterocycles. The highest BCUT2D eigenvalue weighted by Gasteiger charge is 2.41. The lowest BCUT2D eigenvalue weighted by Gasteiger charge is -2.19. The molecule has 13 heteroatoms. The van der Waals surface area contributed by atoms with Crippen LogP contribution in [0.1, 0.15) is 49.7 Å². The highest BCUT2D eigenvalue weighted by Crippen LogP contribution is 2.43. The fourth-order valence-corrected chi connectivity index (χ4v) is 4.68. The second-order valence-corrected chi connectivity index (χ2v) is 10.1. The van der Waals surface area contributed by atoms with Crippen molar-refractivity contribution in [1.29, 1.82) is 0 Å². The summed E-state index contributed by atoms with van der Waals surface area (Å²) in [5, 5.41) is -0.874. The van der Waals surface area contributed by atoms with Crippen LogP contribution in [0.15, 0.2) is 48.5 Å². The number of hydrazine groups is 1. The zero-order valence-electron chi connectivity index (χ0n) is 20.9. The Morgan fingerprint density at radius 1 is 0.875 bits per heavy atom. The highest BCUT2D eigenvalue weighted by atomic mass is 35.5. The van der Waals surface area contributed by atoms with E-state index in [1.165, 1.54) is 0 Å². The summed E-state index contributed by atoms with van der Waals surface area (Å²) in [5.41, 5.74) is 3.79. The summed E-state index contributed by atoms with van der Waals surface area (Å²) in [6.07, 6.45) is -10.1. The van der Waals surface area contributed by atoms with Gasteiger partial charge in [0.05, 0.1) is 31.9 Å². The quantitative estimate of drug-likeness (QED) is 0.162. The molecule has 1 atom stereocenters. The van der Waals surface area contributed by atoms with Crippen molar-refractivity contribution in [3.8, 4) is 0 Å². The number of nitrogens with one attached hydrogen (secondary N) is 2. The normalized spacial score (nSPS) is 13.3. The summed E-state index contributed by atoms with van der Waals surface area (Å²) in [7, 11) is 0. The van der Waals surface area contributed by atoms with Crippen molar-refractivity contribution < 1.29 is 35.5 Å². The van der Waals surface area contributed by atoms with Crippen LogP contribution in [0.2, 0.25) is 15.1 Å². The monoisotopic (exact) mass is 626 g/mol. The molecule has 0 aliphatic rings. The minimum atomic E-state index is -5.14. The van der Waals surface area contributed by atoms with E-state index in [0.717, 1.165) is 34.9 Å². The van der Waals surface area contributed by atoms with Crippen LogP contribution in [0.3, 0.4) is 0 Å². The van der Waals surface area contributed by atoms with Gasteiger partial charge in [-0.25, -0.2) is 4.39 Å². The van der Waals surface area contributed by atoms with Gasteiger partial charge in [0, 0.05) is 5.56 Å². The number of halogens is 10. The first-order valence-electron chi connectivity index (χ1n) is 11.3. The van der Waals surface area contributed by atoms with Crippen LogP contribution in [0, 0.1) is 20.8 Å². The van der Waals surface area contributed by atoms with Crippen LogP contribution in [-0.4, -0.2) is 12.1 Å². The second-order valence-electron chi connectivity index (χ2n) is 8.94. The van der Waals surface area contributed by atoms with Gasteiger partial charge in [-0.1, -0.05) is 58.6 Å². The molecule has 214 valence electrons. The summed E-state index contributed by atoms with van der Waals surface area (Å²) in [4.78, 5) is 12.7. The van der Waals surface area contributed by atoms with E-state index >= 15 is 4.39 Å². The molecule has 0 radical (unpaired) electrons. The van der Waals surface area contributed by atoms with E-state index in [2.05, 4.69) is 10.9 Å². The summed E-state index contributed by atoms with van der Waals surface area (Å²) < 4.78 is 98.1. The Morgan fingerprint density at radius 3 is 1.93 bits per heavy atom. The second kappa shape index (κ2) is 11.9. The predicted octanol–water partition coefficient (Wildman–Crippen LogP) is 10.0. The molecule has 40 heavy (non-hydrogen) atoms. The highest BCUT2D eigenvalue weighted by molar-refractivity contribution is 6.48. The van der Waals surface area contributed by atoms with Crippen LogP contribution in [0.5, 0.6) is 0 Å². The lowest BCUT2D eigenvalue weighted by Crippen LogP contribution is -2.32. The number of alkyl halides is 6. The standard InChI is InChI=1S/C27H20Cl3F7N2O/c1-12-6-13(2)24(14(3)7-12)38-39-25(40)17-5-4-15(8-19(17)27(35,36)37)22(31)11-18(26(32,33)34)16-9-20(28)23(30)21(29)10-16/h4-11,18,38H,1-3H3,(H,39,40)/b22-11-. The van der Waals surface area contributed by atoms with E-state index in [0.29, 0.717) is 11.8 Å². The molecule has 0 bridgehead atoms. The number of amides is 1. The molecular weight excluding hydrogens is 608 g/mol. The lowest BCUT2D eigenvalue weighted by atomic mass is 9.95. The van der Waals surface area contributed by atoms with Crippen LogP contribution in [-0.2, 0) is 6.18 Å². The largest absolute Gasteiger partial charge is 0.417 e. The van der Waals surface area contributed by atoms with Crippen LogP contribution < -0.4 is 10.9 Å². The molecule has 0 aromatic heterocycles. The van der Waals surface area contributed by atoms with Gasteiger partial charge in [0.15, 0.2) is 0 Å². The Morgan fingerprint density at radius 2 is 1.43 bits per heavy atom. The lowest BCUT2D eigenvalue weighted by molar-refractivity contribution is -0.140. The number of carbonyl (C=O) groups is 1. The molecule has 0 heterocycles. The zero-order valence-corrected chi connectivity index (χ0v) is 23.2. The summed E-state index contributed by atoms with van der Waals surface area (Å²) in [6.45, 7) is 5.32. The molecule has 1 unspecified atom stereocenters. The zero-order chi connectivity index (χ0) is 30.2. The van der Waals surface area contributed by atoms with E-state index in [9.17, 15) is 31.1 Å². The van der Waals surface area contributed by atoms with Crippen molar-refractivity contribution in [3.05, 3.63) is 103 Å². The Hall–Kier alpha value is -2.95. The third-order valence-corrected chi connectivity index (χ3v) is 7.05. The van der Waals surface area contributed by atoms with E-state index in [-0.39, 0.29) is 27.2 Å². The van der Waals surface area contributed by atoms with Crippen LogP contribution >= 0.6 is 34.8 Å². The van der Waals surface area contributed by atoms with Crippen molar-refractivity contribution in [2.75, 3.05) is 5.43 Å². The Bertz CT molecular complexity index is 1440. The van der Waals surface area contributed by atoms with Crippen molar-refractivity contribution in [2.45, 2.75) is 39.0 Å². The molecule has 3 rings (SSSR count). The first-order chi connectivity index (χ1) is 18.4.